The second kappa shape index (κ2) is 1.54. The molecule has 0 aliphatic heterocycles. The molecular weight excluding hydrogens is 140 g/mol. The smallest absolute Gasteiger partial charge is 0.449 e. The van der Waals surface area contributed by atoms with Gasteiger partial charge in [-0.05, 0) is 0 Å². The Bertz CT molecular complexity index is 161. The predicted molar refractivity (Wildman–Crippen MR) is 35.8 cm³/mol. The van der Waals surface area contributed by atoms with E-state index in [4.69, 9.17) is 0 Å². The van der Waals surface area contributed by atoms with Crippen LogP contribution >= 0.6 is 0 Å². The van der Waals surface area contributed by atoms with Gasteiger partial charge in [-0.1, -0.05) is 37.9 Å². The number of hydrogen-bond donors (Lipinski definition) is 0. The Balaban J connectivity index is 2.78. The molecule has 0 N–H and O–H groups in total. The van der Waals surface area contributed by atoms with Crippen molar-refractivity contribution in [3.8, 4) is 0 Å². The number of rotatable bonds is 1. The minimum atomic E-state index is -4.63. The lowest BCUT2D eigenvalue weighted by molar-refractivity contribution is 0.401. The highest BCUT2D eigenvalue weighted by Gasteiger charge is 2.66. The Hall–Kier alpha value is -0.145. The molecule has 1 saturated carbocycles. The van der Waals surface area contributed by atoms with Crippen molar-refractivity contribution >= 4 is 6.98 Å². The fourth-order valence-electron chi connectivity index (χ4n) is 1.43. The molecule has 0 heterocycles. The molecule has 0 aromatic rings. The van der Waals surface area contributed by atoms with Gasteiger partial charge in [0, 0.05) is 0 Å². The van der Waals surface area contributed by atoms with Crippen LogP contribution in [0.1, 0.15) is 27.2 Å². The van der Waals surface area contributed by atoms with Gasteiger partial charge in [0.2, 0.25) is 0 Å². The van der Waals surface area contributed by atoms with Crippen molar-refractivity contribution in [3.63, 3.8) is 0 Å². The van der Waals surface area contributed by atoms with E-state index in [2.05, 4.69) is 0 Å². The summed E-state index contributed by atoms with van der Waals surface area (Å²) in [5, 5.41) is -1.35. The predicted octanol–water partition coefficient (Wildman–Crippen LogP) is 3.02. The van der Waals surface area contributed by atoms with Crippen LogP contribution in [-0.2, 0) is 0 Å². The maximum atomic E-state index is 12.2. The van der Waals surface area contributed by atoms with Gasteiger partial charge in [0.15, 0.2) is 0 Å². The van der Waals surface area contributed by atoms with Crippen molar-refractivity contribution in [2.75, 3.05) is 0 Å². The second-order valence-electron chi connectivity index (χ2n) is 4.05. The normalized spacial score (nSPS) is 37.8. The van der Waals surface area contributed by atoms with E-state index in [9.17, 15) is 12.9 Å². The van der Waals surface area contributed by atoms with Crippen LogP contribution in [0.3, 0.4) is 0 Å². The highest BCUT2D eigenvalue weighted by Crippen LogP contribution is 2.75. The number of halogens is 3. The first kappa shape index (κ1) is 7.96. The molecule has 1 rings (SSSR count). The monoisotopic (exact) mass is 151 g/mol. The summed E-state index contributed by atoms with van der Waals surface area (Å²) in [5.41, 5.74) is -0.509. The van der Waals surface area contributed by atoms with Crippen molar-refractivity contribution in [1.29, 1.82) is 0 Å². The summed E-state index contributed by atoms with van der Waals surface area (Å²) in [6.45, 7) is 0.0183. The van der Waals surface area contributed by atoms with E-state index in [0.717, 1.165) is 0 Å². The molecule has 0 nitrogen and oxygen atoms in total. The van der Waals surface area contributed by atoms with E-state index in [1.165, 1.54) is 6.92 Å². The zero-order chi connectivity index (χ0) is 8.21. The van der Waals surface area contributed by atoms with Crippen LogP contribution in [-0.4, -0.2) is 6.98 Å². The number of hydrogen-bond acceptors (Lipinski definition) is 0. The van der Waals surface area contributed by atoms with Crippen molar-refractivity contribution in [1.82, 2.24) is 0 Å². The SMILES string of the molecule is CC1(C)CC1(C)[B-](F)(F)F. The Morgan fingerprint density at radius 2 is 1.40 bits per heavy atom. The zero-order valence-electron chi connectivity index (χ0n) is 6.42. The van der Waals surface area contributed by atoms with Gasteiger partial charge >= 0.3 is 6.98 Å². The largest absolute Gasteiger partial charge is 0.484 e. The summed E-state index contributed by atoms with van der Waals surface area (Å²) in [4.78, 5) is 0. The Kier molecular flexibility index (Phi) is 1.22. The molecule has 1 fully saturated rings. The van der Waals surface area contributed by atoms with Gasteiger partial charge < -0.3 is 12.9 Å². The van der Waals surface area contributed by atoms with Crippen LogP contribution in [0.4, 0.5) is 12.9 Å². The molecule has 0 bridgehead atoms. The van der Waals surface area contributed by atoms with Gasteiger partial charge in [-0.25, -0.2) is 0 Å². The standard InChI is InChI=1S/C6H11BF3/c1-5(2)4-6(5,3)7(8,9)10/h4H2,1-3H3/q-1. The summed E-state index contributed by atoms with van der Waals surface area (Å²) < 4.78 is 36.5. The summed E-state index contributed by atoms with van der Waals surface area (Å²) in [6, 6.07) is 0. The lowest BCUT2D eigenvalue weighted by Crippen LogP contribution is -2.26. The average molecular weight is 151 g/mol. The van der Waals surface area contributed by atoms with Gasteiger partial charge in [0.1, 0.15) is 0 Å². The van der Waals surface area contributed by atoms with Crippen LogP contribution in [0.15, 0.2) is 0 Å². The van der Waals surface area contributed by atoms with Crippen LogP contribution in [0.25, 0.3) is 0 Å². The molecule has 0 amide bonds. The fraction of sp³-hybridized carbons (Fsp3) is 1.00. The first-order chi connectivity index (χ1) is 4.21. The van der Waals surface area contributed by atoms with E-state index in [1.54, 1.807) is 13.8 Å². The van der Waals surface area contributed by atoms with Crippen molar-refractivity contribution in [2.45, 2.75) is 32.5 Å². The van der Waals surface area contributed by atoms with E-state index in [1.807, 2.05) is 0 Å². The molecule has 0 aromatic heterocycles. The molecule has 60 valence electrons. The van der Waals surface area contributed by atoms with E-state index >= 15 is 0 Å². The van der Waals surface area contributed by atoms with Gasteiger partial charge in [0.25, 0.3) is 0 Å². The maximum absolute atomic E-state index is 12.2. The van der Waals surface area contributed by atoms with Gasteiger partial charge in [0.05, 0.1) is 0 Å². The zero-order valence-corrected chi connectivity index (χ0v) is 6.42. The lowest BCUT2D eigenvalue weighted by Gasteiger charge is -2.25. The Morgan fingerprint density at radius 3 is 1.40 bits per heavy atom. The minimum Gasteiger partial charge on any atom is -0.449 e. The third-order valence-corrected chi connectivity index (χ3v) is 2.95. The third kappa shape index (κ3) is 0.773. The fourth-order valence-corrected chi connectivity index (χ4v) is 1.43. The molecule has 4 heteroatoms. The Morgan fingerprint density at radius 1 is 1.10 bits per heavy atom. The summed E-state index contributed by atoms with van der Waals surface area (Å²) in [5.74, 6) is 0. The summed E-state index contributed by atoms with van der Waals surface area (Å²) in [7, 11) is 0. The molecule has 0 saturated heterocycles. The van der Waals surface area contributed by atoms with Crippen molar-refractivity contribution in [3.05, 3.63) is 0 Å². The first-order valence-corrected chi connectivity index (χ1v) is 3.40. The van der Waals surface area contributed by atoms with E-state index in [0.29, 0.717) is 6.42 Å². The molecule has 1 aliphatic carbocycles. The second-order valence-corrected chi connectivity index (χ2v) is 4.05. The van der Waals surface area contributed by atoms with Gasteiger partial charge in [-0.3, -0.25) is 0 Å². The van der Waals surface area contributed by atoms with Crippen LogP contribution < -0.4 is 0 Å². The van der Waals surface area contributed by atoms with Gasteiger partial charge in [-0.15, -0.1) is 0 Å². The molecule has 1 unspecified atom stereocenters. The van der Waals surface area contributed by atoms with Crippen molar-refractivity contribution < 1.29 is 12.9 Å². The van der Waals surface area contributed by atoms with Crippen LogP contribution in [0.2, 0.25) is 5.31 Å². The molecule has 1 atom stereocenters. The maximum Gasteiger partial charge on any atom is 0.484 e. The molecular formula is C6H11BF3-. The van der Waals surface area contributed by atoms with E-state index in [-0.39, 0.29) is 0 Å². The first-order valence-electron chi connectivity index (χ1n) is 3.40. The van der Waals surface area contributed by atoms with Crippen LogP contribution in [0, 0.1) is 5.41 Å². The molecule has 10 heavy (non-hydrogen) atoms. The summed E-state index contributed by atoms with van der Waals surface area (Å²) >= 11 is 0. The molecule has 0 spiro atoms. The quantitative estimate of drug-likeness (QED) is 0.505. The topological polar surface area (TPSA) is 0 Å². The molecule has 0 radical (unpaired) electrons. The average Bonchev–Trinajstić information content (AvgIpc) is 2.05. The Labute approximate surface area is 58.9 Å². The summed E-state index contributed by atoms with van der Waals surface area (Å²) in [6.07, 6.45) is 0.295. The van der Waals surface area contributed by atoms with Crippen molar-refractivity contribution in [2.24, 2.45) is 5.41 Å². The highest BCUT2D eigenvalue weighted by molar-refractivity contribution is 6.63. The minimum absolute atomic E-state index is 0.295. The van der Waals surface area contributed by atoms with Crippen LogP contribution in [0.5, 0.6) is 0 Å². The lowest BCUT2D eigenvalue weighted by atomic mass is 9.66. The highest BCUT2D eigenvalue weighted by atomic mass is 19.4. The van der Waals surface area contributed by atoms with E-state index < -0.39 is 17.7 Å². The molecule has 1 aliphatic rings. The van der Waals surface area contributed by atoms with Gasteiger partial charge in [-0.2, -0.15) is 0 Å². The molecule has 0 aromatic carbocycles. The third-order valence-electron chi connectivity index (χ3n) is 2.95.